The summed E-state index contributed by atoms with van der Waals surface area (Å²) in [4.78, 5) is 22.5. The summed E-state index contributed by atoms with van der Waals surface area (Å²) in [6.45, 7) is 10.7. The fraction of sp³-hybridized carbons (Fsp3) is 0.667. The van der Waals surface area contributed by atoms with E-state index in [2.05, 4.69) is 16.6 Å². The highest BCUT2D eigenvalue weighted by atomic mass is 16.6. The summed E-state index contributed by atoms with van der Waals surface area (Å²) >= 11 is 0. The number of ether oxygens (including phenoxy) is 2. The molecule has 0 fully saturated rings. The van der Waals surface area contributed by atoms with Crippen LogP contribution in [0.2, 0.25) is 0 Å². The summed E-state index contributed by atoms with van der Waals surface area (Å²) in [7, 11) is 1.29. The van der Waals surface area contributed by atoms with Crippen LogP contribution >= 0.6 is 0 Å². The fourth-order valence-electron chi connectivity index (χ4n) is 1.16. The zero-order chi connectivity index (χ0) is 13.6. The van der Waals surface area contributed by atoms with E-state index in [9.17, 15) is 9.59 Å². The van der Waals surface area contributed by atoms with E-state index in [0.717, 1.165) is 0 Å². The molecule has 0 bridgehead atoms. The van der Waals surface area contributed by atoms with Crippen LogP contribution in [0.5, 0.6) is 0 Å². The predicted molar refractivity (Wildman–Crippen MR) is 64.6 cm³/mol. The number of nitrogens with one attached hydrogen (secondary N) is 1. The number of esters is 1. The summed E-state index contributed by atoms with van der Waals surface area (Å²) in [5.74, 6) is -0.470. The van der Waals surface area contributed by atoms with Gasteiger partial charge in [-0.05, 0) is 34.1 Å². The van der Waals surface area contributed by atoms with Crippen molar-refractivity contribution in [3.05, 3.63) is 12.2 Å². The van der Waals surface area contributed by atoms with Gasteiger partial charge in [0.05, 0.1) is 7.11 Å². The van der Waals surface area contributed by atoms with Crippen molar-refractivity contribution in [2.75, 3.05) is 7.11 Å². The highest BCUT2D eigenvalue weighted by molar-refractivity contribution is 5.87. The highest BCUT2D eigenvalue weighted by Crippen LogP contribution is 2.09. The molecule has 0 aromatic rings. The Morgan fingerprint density at radius 1 is 1.35 bits per heavy atom. The first kappa shape index (κ1) is 15.5. The van der Waals surface area contributed by atoms with Crippen LogP contribution in [0, 0.1) is 0 Å². The lowest BCUT2D eigenvalue weighted by molar-refractivity contribution is -0.136. The number of carbonyl (C=O) groups is 2. The molecule has 0 aromatic heterocycles. The molecule has 0 heterocycles. The molecule has 0 saturated heterocycles. The van der Waals surface area contributed by atoms with Crippen LogP contribution < -0.4 is 5.32 Å². The third-order valence-electron chi connectivity index (χ3n) is 1.79. The SMILES string of the molecule is C=C(C[C@@H](C)NC(=O)OC(C)(C)C)C(=O)OC. The largest absolute Gasteiger partial charge is 0.466 e. The van der Waals surface area contributed by atoms with Gasteiger partial charge < -0.3 is 14.8 Å². The van der Waals surface area contributed by atoms with Crippen molar-refractivity contribution in [3.63, 3.8) is 0 Å². The Morgan fingerprint density at radius 3 is 2.29 bits per heavy atom. The Bertz CT molecular complexity index is 304. The molecular weight excluding hydrogens is 222 g/mol. The van der Waals surface area contributed by atoms with Gasteiger partial charge in [-0.1, -0.05) is 6.58 Å². The van der Waals surface area contributed by atoms with Crippen molar-refractivity contribution in [3.8, 4) is 0 Å². The molecule has 1 atom stereocenters. The van der Waals surface area contributed by atoms with Gasteiger partial charge in [0.25, 0.3) is 0 Å². The summed E-state index contributed by atoms with van der Waals surface area (Å²) < 4.78 is 9.60. The van der Waals surface area contributed by atoms with Gasteiger partial charge in [0, 0.05) is 11.6 Å². The lowest BCUT2D eigenvalue weighted by Crippen LogP contribution is -2.38. The monoisotopic (exact) mass is 243 g/mol. The second-order valence-electron chi connectivity index (χ2n) is 4.85. The van der Waals surface area contributed by atoms with Gasteiger partial charge in [0.15, 0.2) is 0 Å². The first-order chi connectivity index (χ1) is 7.65. The smallest absolute Gasteiger partial charge is 0.407 e. The first-order valence-corrected chi connectivity index (χ1v) is 5.41. The van der Waals surface area contributed by atoms with E-state index < -0.39 is 17.7 Å². The number of carbonyl (C=O) groups excluding carboxylic acids is 2. The van der Waals surface area contributed by atoms with E-state index >= 15 is 0 Å². The molecule has 0 saturated carbocycles. The second-order valence-corrected chi connectivity index (χ2v) is 4.85. The lowest BCUT2D eigenvalue weighted by atomic mass is 10.1. The minimum absolute atomic E-state index is 0.239. The third kappa shape index (κ3) is 7.38. The topological polar surface area (TPSA) is 64.6 Å². The Kier molecular flexibility index (Phi) is 5.71. The van der Waals surface area contributed by atoms with Gasteiger partial charge in [-0.15, -0.1) is 0 Å². The highest BCUT2D eigenvalue weighted by Gasteiger charge is 2.19. The molecule has 0 aromatic carbocycles. The standard InChI is InChI=1S/C12H21NO4/c1-8(10(14)16-6)7-9(2)13-11(15)17-12(3,4)5/h9H,1,7H2,2-6H3,(H,13,15)/t9-/m1/s1. The molecule has 5 nitrogen and oxygen atoms in total. The van der Waals surface area contributed by atoms with Crippen molar-refractivity contribution in [2.45, 2.75) is 45.8 Å². The van der Waals surface area contributed by atoms with Gasteiger partial charge in [0.1, 0.15) is 5.60 Å². The Balaban J connectivity index is 4.10. The number of amides is 1. The van der Waals surface area contributed by atoms with Crippen LogP contribution in [-0.2, 0) is 14.3 Å². The van der Waals surface area contributed by atoms with E-state index in [1.54, 1.807) is 27.7 Å². The quantitative estimate of drug-likeness (QED) is 0.606. The van der Waals surface area contributed by atoms with E-state index in [4.69, 9.17) is 4.74 Å². The van der Waals surface area contributed by atoms with Gasteiger partial charge >= 0.3 is 12.1 Å². The summed E-state index contributed by atoms with van der Waals surface area (Å²) in [5, 5.41) is 2.62. The molecular formula is C12H21NO4. The number of hydrogen-bond donors (Lipinski definition) is 1. The Morgan fingerprint density at radius 2 is 1.88 bits per heavy atom. The molecule has 1 N–H and O–H groups in total. The average molecular weight is 243 g/mol. The molecule has 0 aliphatic heterocycles. The third-order valence-corrected chi connectivity index (χ3v) is 1.79. The van der Waals surface area contributed by atoms with Crippen molar-refractivity contribution in [1.29, 1.82) is 0 Å². The predicted octanol–water partition coefficient (Wildman–Crippen LogP) is 2.02. The average Bonchev–Trinajstić information content (AvgIpc) is 2.12. The van der Waals surface area contributed by atoms with Crippen LogP contribution in [0.25, 0.3) is 0 Å². The van der Waals surface area contributed by atoms with Gasteiger partial charge in [-0.3, -0.25) is 0 Å². The van der Waals surface area contributed by atoms with E-state index in [-0.39, 0.29) is 6.04 Å². The maximum atomic E-state index is 11.4. The van der Waals surface area contributed by atoms with Crippen LogP contribution in [0.15, 0.2) is 12.2 Å². The number of alkyl carbamates (subject to hydrolysis) is 1. The summed E-state index contributed by atoms with van der Waals surface area (Å²) in [5.41, 5.74) is -0.223. The van der Waals surface area contributed by atoms with Crippen LogP contribution in [-0.4, -0.2) is 30.8 Å². The van der Waals surface area contributed by atoms with Crippen molar-refractivity contribution >= 4 is 12.1 Å². The molecule has 0 radical (unpaired) electrons. The zero-order valence-corrected chi connectivity index (χ0v) is 11.1. The molecule has 0 spiro atoms. The molecule has 0 rings (SSSR count). The molecule has 0 aliphatic carbocycles. The van der Waals surface area contributed by atoms with Gasteiger partial charge in [-0.25, -0.2) is 9.59 Å². The lowest BCUT2D eigenvalue weighted by Gasteiger charge is -2.22. The molecule has 17 heavy (non-hydrogen) atoms. The minimum Gasteiger partial charge on any atom is -0.466 e. The van der Waals surface area contributed by atoms with Crippen LogP contribution in [0.4, 0.5) is 4.79 Å². The molecule has 98 valence electrons. The maximum Gasteiger partial charge on any atom is 0.407 e. The molecule has 1 amide bonds. The van der Waals surface area contributed by atoms with Gasteiger partial charge in [-0.2, -0.15) is 0 Å². The van der Waals surface area contributed by atoms with E-state index in [1.165, 1.54) is 7.11 Å². The molecule has 0 aliphatic rings. The zero-order valence-electron chi connectivity index (χ0n) is 11.1. The Labute approximate surface area is 102 Å². The summed E-state index contributed by atoms with van der Waals surface area (Å²) in [6, 6.07) is -0.239. The fourth-order valence-corrected chi connectivity index (χ4v) is 1.16. The Hall–Kier alpha value is -1.52. The summed E-state index contributed by atoms with van der Waals surface area (Å²) in [6.07, 6.45) is -0.186. The van der Waals surface area contributed by atoms with Crippen LogP contribution in [0.3, 0.4) is 0 Å². The van der Waals surface area contributed by atoms with Crippen LogP contribution in [0.1, 0.15) is 34.1 Å². The number of methoxy groups -OCH3 is 1. The number of hydrogen-bond acceptors (Lipinski definition) is 4. The second kappa shape index (κ2) is 6.27. The maximum absolute atomic E-state index is 11.4. The van der Waals surface area contributed by atoms with Crippen molar-refractivity contribution in [1.82, 2.24) is 5.32 Å². The van der Waals surface area contributed by atoms with Crippen molar-refractivity contribution < 1.29 is 19.1 Å². The number of rotatable bonds is 4. The van der Waals surface area contributed by atoms with Crippen molar-refractivity contribution in [2.24, 2.45) is 0 Å². The van der Waals surface area contributed by atoms with Gasteiger partial charge in [0.2, 0.25) is 0 Å². The van der Waals surface area contributed by atoms with E-state index in [0.29, 0.717) is 12.0 Å². The first-order valence-electron chi connectivity index (χ1n) is 5.41. The molecule has 5 heteroatoms. The molecule has 0 unspecified atom stereocenters. The normalized spacial score (nSPS) is 12.5. The van der Waals surface area contributed by atoms with E-state index in [1.807, 2.05) is 0 Å². The minimum atomic E-state index is -0.539.